The maximum absolute atomic E-state index is 13.3. The van der Waals surface area contributed by atoms with Gasteiger partial charge in [-0.05, 0) is 48.7 Å². The van der Waals surface area contributed by atoms with Crippen molar-refractivity contribution in [2.45, 2.75) is 26.6 Å². The molecule has 1 N–H and O–H groups in total. The topological polar surface area (TPSA) is 38.7 Å². The molecule has 3 nitrogen and oxygen atoms in total. The van der Waals surface area contributed by atoms with Gasteiger partial charge in [0.2, 0.25) is 0 Å². The standard InChI is InChI=1S/C19H21FO3/c1-3-6-16-9-15(12-21)11-18(22-4-2)19(16)23-13-14-7-5-8-17(20)10-14/h3,5,7-11,21H,1,4,6,12-13H2,2H3. The molecule has 0 unspecified atom stereocenters. The first-order valence-electron chi connectivity index (χ1n) is 7.55. The molecule has 122 valence electrons. The molecule has 0 aromatic heterocycles. The summed E-state index contributed by atoms with van der Waals surface area (Å²) < 4.78 is 24.8. The summed E-state index contributed by atoms with van der Waals surface area (Å²) in [6.45, 7) is 6.28. The van der Waals surface area contributed by atoms with Gasteiger partial charge in [-0.2, -0.15) is 0 Å². The molecular weight excluding hydrogens is 295 g/mol. The van der Waals surface area contributed by atoms with E-state index in [0.29, 0.717) is 24.5 Å². The maximum Gasteiger partial charge on any atom is 0.165 e. The van der Waals surface area contributed by atoms with Gasteiger partial charge in [0, 0.05) is 5.56 Å². The van der Waals surface area contributed by atoms with Crippen molar-refractivity contribution >= 4 is 0 Å². The summed E-state index contributed by atoms with van der Waals surface area (Å²) in [6, 6.07) is 9.92. The Morgan fingerprint density at radius 3 is 2.65 bits per heavy atom. The lowest BCUT2D eigenvalue weighted by Crippen LogP contribution is -2.04. The Kier molecular flexibility index (Phi) is 6.18. The number of rotatable bonds is 8. The molecule has 0 saturated heterocycles. The monoisotopic (exact) mass is 316 g/mol. The van der Waals surface area contributed by atoms with Gasteiger partial charge in [0.15, 0.2) is 11.5 Å². The fourth-order valence-electron chi connectivity index (χ4n) is 2.33. The van der Waals surface area contributed by atoms with Gasteiger partial charge in [-0.15, -0.1) is 6.58 Å². The van der Waals surface area contributed by atoms with E-state index in [9.17, 15) is 9.50 Å². The number of allylic oxidation sites excluding steroid dienone is 1. The van der Waals surface area contributed by atoms with E-state index in [4.69, 9.17) is 9.47 Å². The Morgan fingerprint density at radius 2 is 2.00 bits per heavy atom. The fraction of sp³-hybridized carbons (Fsp3) is 0.263. The highest BCUT2D eigenvalue weighted by molar-refractivity contribution is 5.50. The van der Waals surface area contributed by atoms with Gasteiger partial charge < -0.3 is 14.6 Å². The molecule has 0 bridgehead atoms. The van der Waals surface area contributed by atoms with Gasteiger partial charge in [0.1, 0.15) is 12.4 Å². The van der Waals surface area contributed by atoms with Crippen LogP contribution in [0.25, 0.3) is 0 Å². The average molecular weight is 316 g/mol. The Labute approximate surface area is 136 Å². The molecule has 0 atom stereocenters. The molecular formula is C19H21FO3. The summed E-state index contributed by atoms with van der Waals surface area (Å²) in [5.74, 6) is 0.888. The second-order valence-electron chi connectivity index (χ2n) is 5.08. The van der Waals surface area contributed by atoms with Crippen LogP contribution in [0.15, 0.2) is 49.1 Å². The minimum atomic E-state index is -0.293. The van der Waals surface area contributed by atoms with Crippen LogP contribution in [0.5, 0.6) is 11.5 Å². The number of benzene rings is 2. The number of aliphatic hydroxyl groups is 1. The van der Waals surface area contributed by atoms with E-state index in [1.807, 2.05) is 13.0 Å². The molecule has 2 aromatic rings. The molecule has 4 heteroatoms. The van der Waals surface area contributed by atoms with Crippen LogP contribution in [0, 0.1) is 5.82 Å². The van der Waals surface area contributed by atoms with Gasteiger partial charge in [-0.25, -0.2) is 4.39 Å². The Bertz CT molecular complexity index is 668. The highest BCUT2D eigenvalue weighted by atomic mass is 19.1. The van der Waals surface area contributed by atoms with Crippen LogP contribution in [0.3, 0.4) is 0 Å². The van der Waals surface area contributed by atoms with Crippen LogP contribution >= 0.6 is 0 Å². The fourth-order valence-corrected chi connectivity index (χ4v) is 2.33. The largest absolute Gasteiger partial charge is 0.490 e. The Hall–Kier alpha value is -2.33. The van der Waals surface area contributed by atoms with Crippen LogP contribution in [-0.2, 0) is 19.6 Å². The molecule has 0 saturated carbocycles. The predicted octanol–water partition coefficient (Wildman–Crippen LogP) is 4.02. The molecule has 0 heterocycles. The first-order valence-corrected chi connectivity index (χ1v) is 7.55. The summed E-state index contributed by atoms with van der Waals surface area (Å²) in [7, 11) is 0. The normalized spacial score (nSPS) is 10.4. The summed E-state index contributed by atoms with van der Waals surface area (Å²) >= 11 is 0. The molecule has 0 fully saturated rings. The Morgan fingerprint density at radius 1 is 1.17 bits per heavy atom. The molecule has 0 aliphatic heterocycles. The van der Waals surface area contributed by atoms with E-state index >= 15 is 0 Å². The van der Waals surface area contributed by atoms with Crippen molar-refractivity contribution in [3.63, 3.8) is 0 Å². The van der Waals surface area contributed by atoms with Crippen LogP contribution in [-0.4, -0.2) is 11.7 Å². The summed E-state index contributed by atoms with van der Waals surface area (Å²) in [6.07, 6.45) is 2.35. The SMILES string of the molecule is C=CCc1cc(CO)cc(OCC)c1OCc1cccc(F)c1. The van der Waals surface area contributed by atoms with Gasteiger partial charge in [-0.3, -0.25) is 0 Å². The zero-order valence-corrected chi connectivity index (χ0v) is 13.2. The van der Waals surface area contributed by atoms with Crippen molar-refractivity contribution in [1.29, 1.82) is 0 Å². The third-order valence-electron chi connectivity index (χ3n) is 3.31. The van der Waals surface area contributed by atoms with Crippen molar-refractivity contribution in [2.24, 2.45) is 0 Å². The summed E-state index contributed by atoms with van der Waals surface area (Å²) in [4.78, 5) is 0. The summed E-state index contributed by atoms with van der Waals surface area (Å²) in [5.41, 5.74) is 2.37. The first kappa shape index (κ1) is 17.0. The third kappa shape index (κ3) is 4.57. The smallest absolute Gasteiger partial charge is 0.165 e. The number of halogens is 1. The van der Waals surface area contributed by atoms with Crippen LogP contribution in [0.2, 0.25) is 0 Å². The molecule has 0 aliphatic rings. The second-order valence-corrected chi connectivity index (χ2v) is 5.08. The maximum atomic E-state index is 13.3. The highest BCUT2D eigenvalue weighted by Crippen LogP contribution is 2.34. The lowest BCUT2D eigenvalue weighted by molar-refractivity contribution is 0.261. The van der Waals surface area contributed by atoms with E-state index in [-0.39, 0.29) is 19.0 Å². The number of ether oxygens (including phenoxy) is 2. The highest BCUT2D eigenvalue weighted by Gasteiger charge is 2.13. The predicted molar refractivity (Wildman–Crippen MR) is 88.2 cm³/mol. The lowest BCUT2D eigenvalue weighted by Gasteiger charge is -2.17. The molecule has 0 radical (unpaired) electrons. The average Bonchev–Trinajstić information content (AvgIpc) is 2.54. The Balaban J connectivity index is 2.31. The number of aliphatic hydroxyl groups excluding tert-OH is 1. The number of hydrogen-bond acceptors (Lipinski definition) is 3. The van der Waals surface area contributed by atoms with Gasteiger partial charge >= 0.3 is 0 Å². The minimum Gasteiger partial charge on any atom is -0.490 e. The van der Waals surface area contributed by atoms with Crippen molar-refractivity contribution < 1.29 is 19.0 Å². The second kappa shape index (κ2) is 8.34. The van der Waals surface area contributed by atoms with Crippen LogP contribution < -0.4 is 9.47 Å². The van der Waals surface area contributed by atoms with Gasteiger partial charge in [-0.1, -0.05) is 18.2 Å². The van der Waals surface area contributed by atoms with Crippen LogP contribution in [0.1, 0.15) is 23.6 Å². The number of hydrogen-bond donors (Lipinski definition) is 1. The quantitative estimate of drug-likeness (QED) is 0.748. The molecule has 2 aromatic carbocycles. The minimum absolute atomic E-state index is 0.0750. The molecule has 0 aliphatic carbocycles. The van der Waals surface area contributed by atoms with Crippen molar-refractivity contribution in [2.75, 3.05) is 6.61 Å². The summed E-state index contributed by atoms with van der Waals surface area (Å²) in [5, 5.41) is 9.39. The van der Waals surface area contributed by atoms with Crippen molar-refractivity contribution in [3.05, 3.63) is 71.6 Å². The molecule has 23 heavy (non-hydrogen) atoms. The zero-order valence-electron chi connectivity index (χ0n) is 13.2. The van der Waals surface area contributed by atoms with Crippen molar-refractivity contribution in [1.82, 2.24) is 0 Å². The third-order valence-corrected chi connectivity index (χ3v) is 3.31. The van der Waals surface area contributed by atoms with Crippen molar-refractivity contribution in [3.8, 4) is 11.5 Å². The van der Waals surface area contributed by atoms with E-state index in [1.54, 1.807) is 24.3 Å². The molecule has 0 amide bonds. The van der Waals surface area contributed by atoms with E-state index in [1.165, 1.54) is 12.1 Å². The first-order chi connectivity index (χ1) is 11.2. The van der Waals surface area contributed by atoms with Crippen LogP contribution in [0.4, 0.5) is 4.39 Å². The van der Waals surface area contributed by atoms with E-state index in [2.05, 4.69) is 6.58 Å². The van der Waals surface area contributed by atoms with Gasteiger partial charge in [0.05, 0.1) is 13.2 Å². The van der Waals surface area contributed by atoms with E-state index in [0.717, 1.165) is 16.7 Å². The zero-order chi connectivity index (χ0) is 16.7. The van der Waals surface area contributed by atoms with E-state index < -0.39 is 0 Å². The molecule has 2 rings (SSSR count). The van der Waals surface area contributed by atoms with Gasteiger partial charge in [0.25, 0.3) is 0 Å². The molecule has 0 spiro atoms. The lowest BCUT2D eigenvalue weighted by atomic mass is 10.1.